The summed E-state index contributed by atoms with van der Waals surface area (Å²) in [6, 6.07) is 6.27. The van der Waals surface area contributed by atoms with Crippen LogP contribution in [-0.2, 0) is 10.0 Å². The zero-order valence-electron chi connectivity index (χ0n) is 10.9. The molecule has 0 heterocycles. The minimum atomic E-state index is -3.59. The van der Waals surface area contributed by atoms with Gasteiger partial charge in [-0.15, -0.1) is 0 Å². The van der Waals surface area contributed by atoms with Crippen molar-refractivity contribution < 1.29 is 13.2 Å². The minimum Gasteiger partial charge on any atom is -0.495 e. The monoisotopic (exact) mass is 272 g/mol. The molecule has 1 rings (SSSR count). The van der Waals surface area contributed by atoms with Gasteiger partial charge in [0.2, 0.25) is 10.0 Å². The maximum atomic E-state index is 12.1. The molecule has 102 valence electrons. The fraction of sp³-hybridized carbons (Fsp3) is 0.500. The summed E-state index contributed by atoms with van der Waals surface area (Å²) in [6.07, 6.45) is 0. The van der Waals surface area contributed by atoms with Crippen LogP contribution in [0.5, 0.6) is 5.75 Å². The lowest BCUT2D eigenvalue weighted by atomic mass is 10.1. The van der Waals surface area contributed by atoms with Crippen LogP contribution in [0.2, 0.25) is 0 Å². The van der Waals surface area contributed by atoms with Crippen LogP contribution in [0.3, 0.4) is 0 Å². The number of nitrogens with two attached hydrogens (primary N) is 1. The number of para-hydroxylation sites is 1. The Hall–Kier alpha value is -1.11. The van der Waals surface area contributed by atoms with Crippen LogP contribution in [0.1, 0.15) is 13.8 Å². The smallest absolute Gasteiger partial charge is 0.244 e. The molecule has 0 saturated carbocycles. The third-order valence-corrected chi connectivity index (χ3v) is 4.19. The molecule has 0 fully saturated rings. The molecule has 0 bridgehead atoms. The molecule has 0 aliphatic carbocycles. The molecular weight excluding hydrogens is 252 g/mol. The Bertz CT molecular complexity index is 486. The van der Waals surface area contributed by atoms with Crippen molar-refractivity contribution in [2.45, 2.75) is 24.8 Å². The summed E-state index contributed by atoms with van der Waals surface area (Å²) >= 11 is 0. The standard InChI is InChI=1S/C12H20N2O3S/c1-9(2)10(13)8-14-18(15,16)12-7-5-4-6-11(12)17-3/h4-7,9-10,14H,8,13H2,1-3H3. The molecule has 1 atom stereocenters. The number of ether oxygens (including phenoxy) is 1. The van der Waals surface area contributed by atoms with Crippen LogP contribution in [0.15, 0.2) is 29.2 Å². The number of hydrogen-bond acceptors (Lipinski definition) is 4. The van der Waals surface area contributed by atoms with Crippen molar-refractivity contribution in [2.24, 2.45) is 11.7 Å². The summed E-state index contributed by atoms with van der Waals surface area (Å²) in [7, 11) is -2.15. The van der Waals surface area contributed by atoms with Crippen molar-refractivity contribution in [3.8, 4) is 5.75 Å². The molecule has 0 aliphatic rings. The first-order chi connectivity index (χ1) is 8.38. The number of methoxy groups -OCH3 is 1. The van der Waals surface area contributed by atoms with Gasteiger partial charge in [-0.3, -0.25) is 0 Å². The molecule has 6 heteroatoms. The lowest BCUT2D eigenvalue weighted by Crippen LogP contribution is -2.40. The van der Waals surface area contributed by atoms with Crippen LogP contribution in [0.25, 0.3) is 0 Å². The second-order valence-corrected chi connectivity index (χ2v) is 6.15. The fourth-order valence-electron chi connectivity index (χ4n) is 1.36. The van der Waals surface area contributed by atoms with Gasteiger partial charge in [-0.2, -0.15) is 0 Å². The van der Waals surface area contributed by atoms with E-state index in [1.807, 2.05) is 13.8 Å². The SMILES string of the molecule is COc1ccccc1S(=O)(=O)NCC(N)C(C)C. The van der Waals surface area contributed by atoms with Gasteiger partial charge in [0.1, 0.15) is 10.6 Å². The summed E-state index contributed by atoms with van der Waals surface area (Å²) in [5, 5.41) is 0. The Labute approximate surface area is 108 Å². The Balaban J connectivity index is 2.87. The van der Waals surface area contributed by atoms with E-state index in [9.17, 15) is 8.42 Å². The van der Waals surface area contributed by atoms with Crippen molar-refractivity contribution in [1.82, 2.24) is 4.72 Å². The lowest BCUT2D eigenvalue weighted by Gasteiger charge is -2.17. The molecule has 1 aromatic carbocycles. The first-order valence-corrected chi connectivity index (χ1v) is 7.25. The van der Waals surface area contributed by atoms with Crippen LogP contribution in [-0.4, -0.2) is 28.1 Å². The van der Waals surface area contributed by atoms with Crippen molar-refractivity contribution in [2.75, 3.05) is 13.7 Å². The van der Waals surface area contributed by atoms with Crippen molar-refractivity contribution in [3.63, 3.8) is 0 Å². The van der Waals surface area contributed by atoms with Gasteiger partial charge in [-0.05, 0) is 18.1 Å². The van der Waals surface area contributed by atoms with E-state index in [1.165, 1.54) is 13.2 Å². The Morgan fingerprint density at radius 3 is 2.50 bits per heavy atom. The molecule has 1 unspecified atom stereocenters. The number of rotatable bonds is 6. The average molecular weight is 272 g/mol. The van der Waals surface area contributed by atoms with Crippen molar-refractivity contribution in [3.05, 3.63) is 24.3 Å². The highest BCUT2D eigenvalue weighted by Crippen LogP contribution is 2.22. The van der Waals surface area contributed by atoms with Crippen LogP contribution in [0.4, 0.5) is 0 Å². The van der Waals surface area contributed by atoms with Gasteiger partial charge < -0.3 is 10.5 Å². The zero-order valence-corrected chi connectivity index (χ0v) is 11.7. The number of benzene rings is 1. The molecule has 0 radical (unpaired) electrons. The highest BCUT2D eigenvalue weighted by molar-refractivity contribution is 7.89. The molecule has 5 nitrogen and oxygen atoms in total. The predicted octanol–water partition coefficient (Wildman–Crippen LogP) is 0.957. The van der Waals surface area contributed by atoms with E-state index in [2.05, 4.69) is 4.72 Å². The summed E-state index contributed by atoms with van der Waals surface area (Å²) in [5.74, 6) is 0.536. The fourth-order valence-corrected chi connectivity index (χ4v) is 2.60. The third-order valence-electron chi connectivity index (χ3n) is 2.72. The van der Waals surface area contributed by atoms with E-state index >= 15 is 0 Å². The largest absolute Gasteiger partial charge is 0.495 e. The molecule has 0 amide bonds. The quantitative estimate of drug-likeness (QED) is 0.808. The summed E-state index contributed by atoms with van der Waals surface area (Å²) in [5.41, 5.74) is 5.81. The second-order valence-electron chi connectivity index (χ2n) is 4.41. The predicted molar refractivity (Wildman–Crippen MR) is 71.0 cm³/mol. The van der Waals surface area contributed by atoms with E-state index in [1.54, 1.807) is 18.2 Å². The second kappa shape index (κ2) is 6.17. The minimum absolute atomic E-state index is 0.128. The van der Waals surface area contributed by atoms with Crippen molar-refractivity contribution >= 4 is 10.0 Å². The molecular formula is C12H20N2O3S. The first kappa shape index (κ1) is 14.9. The van der Waals surface area contributed by atoms with E-state index in [4.69, 9.17) is 10.5 Å². The number of hydrogen-bond donors (Lipinski definition) is 2. The summed E-state index contributed by atoms with van der Waals surface area (Å²) in [6.45, 7) is 4.10. The highest BCUT2D eigenvalue weighted by Gasteiger charge is 2.20. The normalized spacial score (nSPS) is 13.6. The Morgan fingerprint density at radius 1 is 1.33 bits per heavy atom. The molecule has 0 spiro atoms. The van der Waals surface area contributed by atoms with Crippen LogP contribution in [0, 0.1) is 5.92 Å². The maximum Gasteiger partial charge on any atom is 0.244 e. The lowest BCUT2D eigenvalue weighted by molar-refractivity contribution is 0.402. The highest BCUT2D eigenvalue weighted by atomic mass is 32.2. The van der Waals surface area contributed by atoms with Crippen LogP contribution < -0.4 is 15.2 Å². The summed E-state index contributed by atoms with van der Waals surface area (Å²) < 4.78 is 31.7. The molecule has 1 aromatic rings. The third kappa shape index (κ3) is 3.69. The molecule has 0 aliphatic heterocycles. The number of nitrogens with one attached hydrogen (secondary N) is 1. The van der Waals surface area contributed by atoms with E-state index in [-0.39, 0.29) is 23.4 Å². The summed E-state index contributed by atoms with van der Waals surface area (Å²) in [4.78, 5) is 0.128. The maximum absolute atomic E-state index is 12.1. The molecule has 18 heavy (non-hydrogen) atoms. The van der Waals surface area contributed by atoms with E-state index < -0.39 is 10.0 Å². The van der Waals surface area contributed by atoms with Gasteiger partial charge in [0.05, 0.1) is 7.11 Å². The van der Waals surface area contributed by atoms with Gasteiger partial charge in [-0.1, -0.05) is 26.0 Å². The Kier molecular flexibility index (Phi) is 5.13. The van der Waals surface area contributed by atoms with Gasteiger partial charge in [-0.25, -0.2) is 13.1 Å². The van der Waals surface area contributed by atoms with Gasteiger partial charge in [0.25, 0.3) is 0 Å². The van der Waals surface area contributed by atoms with Gasteiger partial charge in [0, 0.05) is 12.6 Å². The molecule has 0 saturated heterocycles. The van der Waals surface area contributed by atoms with E-state index in [0.717, 1.165) is 0 Å². The molecule has 3 N–H and O–H groups in total. The number of sulfonamides is 1. The van der Waals surface area contributed by atoms with Gasteiger partial charge >= 0.3 is 0 Å². The average Bonchev–Trinajstić information content (AvgIpc) is 2.35. The Morgan fingerprint density at radius 2 is 1.94 bits per heavy atom. The molecule has 0 aromatic heterocycles. The zero-order chi connectivity index (χ0) is 13.8. The topological polar surface area (TPSA) is 81.4 Å². The van der Waals surface area contributed by atoms with Crippen molar-refractivity contribution in [1.29, 1.82) is 0 Å². The van der Waals surface area contributed by atoms with Crippen LogP contribution >= 0.6 is 0 Å². The first-order valence-electron chi connectivity index (χ1n) is 5.76. The van der Waals surface area contributed by atoms with E-state index in [0.29, 0.717) is 5.75 Å². The van der Waals surface area contributed by atoms with Gasteiger partial charge in [0.15, 0.2) is 0 Å².